The van der Waals surface area contributed by atoms with Crippen molar-refractivity contribution in [1.82, 2.24) is 0 Å². The molecule has 4 nitrogen and oxygen atoms in total. The Morgan fingerprint density at radius 1 is 1.23 bits per heavy atom. The first kappa shape index (κ1) is 17.3. The molecule has 3 unspecified atom stereocenters. The molecule has 1 aromatic carbocycles. The highest BCUT2D eigenvalue weighted by Crippen LogP contribution is 2.21. The Morgan fingerprint density at radius 3 is 2.59 bits per heavy atom. The summed E-state index contributed by atoms with van der Waals surface area (Å²) in [6, 6.07) is 9.05. The lowest BCUT2D eigenvalue weighted by Gasteiger charge is -2.31. The van der Waals surface area contributed by atoms with E-state index >= 15 is 0 Å². The van der Waals surface area contributed by atoms with E-state index in [0.29, 0.717) is 13.0 Å². The summed E-state index contributed by atoms with van der Waals surface area (Å²) < 4.78 is 42.6. The van der Waals surface area contributed by atoms with Gasteiger partial charge in [-0.3, -0.25) is 0 Å². The molecule has 1 aliphatic rings. The molecule has 1 fully saturated rings. The van der Waals surface area contributed by atoms with Crippen LogP contribution in [0.1, 0.15) is 24.8 Å². The largest absolute Gasteiger partial charge is 0.394 e. The van der Waals surface area contributed by atoms with Crippen molar-refractivity contribution in [3.8, 4) is 0 Å². The molecule has 0 radical (unpaired) electrons. The van der Waals surface area contributed by atoms with Gasteiger partial charge in [0.1, 0.15) is 12.2 Å². The van der Waals surface area contributed by atoms with Crippen LogP contribution in [0.3, 0.4) is 0 Å². The Bertz CT molecular complexity index is 410. The van der Waals surface area contributed by atoms with Crippen molar-refractivity contribution in [3.05, 3.63) is 35.9 Å². The first-order chi connectivity index (χ1) is 10.7. The van der Waals surface area contributed by atoms with Gasteiger partial charge in [-0.2, -0.15) is 0 Å². The SMILES string of the molecule is OCC(OC1CCCCO1)C(OCc1ccccc1)C(F)F. The maximum Gasteiger partial charge on any atom is 0.267 e. The van der Waals surface area contributed by atoms with Gasteiger partial charge >= 0.3 is 0 Å². The van der Waals surface area contributed by atoms with Gasteiger partial charge in [-0.15, -0.1) is 0 Å². The Morgan fingerprint density at radius 2 is 2.00 bits per heavy atom. The lowest BCUT2D eigenvalue weighted by Crippen LogP contribution is -2.43. The smallest absolute Gasteiger partial charge is 0.267 e. The van der Waals surface area contributed by atoms with Crippen molar-refractivity contribution < 1.29 is 28.1 Å². The number of rotatable bonds is 8. The monoisotopic (exact) mass is 316 g/mol. The fourth-order valence-electron chi connectivity index (χ4n) is 2.35. The molecule has 1 aromatic rings. The van der Waals surface area contributed by atoms with Crippen LogP contribution in [0.25, 0.3) is 0 Å². The number of alkyl halides is 2. The molecule has 6 heteroatoms. The molecule has 0 spiro atoms. The maximum absolute atomic E-state index is 13.2. The second kappa shape index (κ2) is 9.15. The summed E-state index contributed by atoms with van der Waals surface area (Å²) in [5.74, 6) is 0. The van der Waals surface area contributed by atoms with Crippen LogP contribution in [0, 0.1) is 0 Å². The van der Waals surface area contributed by atoms with Crippen molar-refractivity contribution in [3.63, 3.8) is 0 Å². The predicted molar refractivity (Wildman–Crippen MR) is 76.6 cm³/mol. The standard InChI is InChI=1S/C16H22F2O4/c17-16(18)15(21-11-12-6-2-1-3-7-12)13(10-19)22-14-8-4-5-9-20-14/h1-3,6-7,13-16,19H,4-5,8-11H2. The Labute approximate surface area is 129 Å². The molecule has 0 aliphatic carbocycles. The topological polar surface area (TPSA) is 47.9 Å². The van der Waals surface area contributed by atoms with E-state index in [1.54, 1.807) is 12.1 Å². The average Bonchev–Trinajstić information content (AvgIpc) is 2.55. The second-order valence-electron chi connectivity index (χ2n) is 5.25. The third kappa shape index (κ3) is 5.28. The highest BCUT2D eigenvalue weighted by molar-refractivity contribution is 5.13. The molecule has 0 aromatic heterocycles. The minimum Gasteiger partial charge on any atom is -0.394 e. The highest BCUT2D eigenvalue weighted by atomic mass is 19.3. The zero-order chi connectivity index (χ0) is 15.8. The van der Waals surface area contributed by atoms with Crippen LogP contribution in [0.5, 0.6) is 0 Å². The van der Waals surface area contributed by atoms with Gasteiger partial charge in [-0.25, -0.2) is 8.78 Å². The minimum absolute atomic E-state index is 0.0429. The summed E-state index contributed by atoms with van der Waals surface area (Å²) >= 11 is 0. The predicted octanol–water partition coefficient (Wildman–Crippen LogP) is 2.74. The van der Waals surface area contributed by atoms with Crippen molar-refractivity contribution in [2.45, 2.75) is 50.8 Å². The fourth-order valence-corrected chi connectivity index (χ4v) is 2.35. The van der Waals surface area contributed by atoms with Crippen LogP contribution >= 0.6 is 0 Å². The first-order valence-corrected chi connectivity index (χ1v) is 7.52. The molecular weight excluding hydrogens is 294 g/mol. The van der Waals surface area contributed by atoms with E-state index < -0.39 is 31.5 Å². The van der Waals surface area contributed by atoms with Gasteiger partial charge in [0.15, 0.2) is 6.29 Å². The molecule has 1 N–H and O–H groups in total. The Hall–Kier alpha value is -1.08. The van der Waals surface area contributed by atoms with Crippen molar-refractivity contribution in [1.29, 1.82) is 0 Å². The van der Waals surface area contributed by atoms with Crippen LogP contribution in [0.2, 0.25) is 0 Å². The number of hydrogen-bond acceptors (Lipinski definition) is 4. The van der Waals surface area contributed by atoms with Gasteiger partial charge in [0, 0.05) is 6.61 Å². The van der Waals surface area contributed by atoms with Crippen LogP contribution in [-0.4, -0.2) is 43.2 Å². The van der Waals surface area contributed by atoms with Crippen LogP contribution in [0.4, 0.5) is 8.78 Å². The molecule has 124 valence electrons. The van der Waals surface area contributed by atoms with Crippen LogP contribution < -0.4 is 0 Å². The van der Waals surface area contributed by atoms with Crippen LogP contribution in [-0.2, 0) is 20.8 Å². The number of aliphatic hydroxyl groups excluding tert-OH is 1. The minimum atomic E-state index is -2.75. The zero-order valence-corrected chi connectivity index (χ0v) is 12.4. The van der Waals surface area contributed by atoms with E-state index in [0.717, 1.165) is 18.4 Å². The number of benzene rings is 1. The summed E-state index contributed by atoms with van der Waals surface area (Å²) in [6.07, 6.45) is -3.38. The molecule has 3 atom stereocenters. The van der Waals surface area contributed by atoms with Gasteiger partial charge in [0.25, 0.3) is 6.43 Å². The maximum atomic E-state index is 13.2. The number of hydrogen-bond donors (Lipinski definition) is 1. The third-order valence-corrected chi connectivity index (χ3v) is 3.54. The second-order valence-corrected chi connectivity index (χ2v) is 5.25. The van der Waals surface area contributed by atoms with Gasteiger partial charge in [0.05, 0.1) is 13.2 Å². The number of ether oxygens (including phenoxy) is 3. The highest BCUT2D eigenvalue weighted by Gasteiger charge is 2.33. The molecule has 2 rings (SSSR count). The lowest BCUT2D eigenvalue weighted by molar-refractivity contribution is -0.236. The number of aliphatic hydroxyl groups is 1. The molecule has 22 heavy (non-hydrogen) atoms. The summed E-state index contributed by atoms with van der Waals surface area (Å²) in [5.41, 5.74) is 0.791. The van der Waals surface area contributed by atoms with E-state index in [2.05, 4.69) is 0 Å². The normalized spacial score (nSPS) is 21.7. The molecule has 0 amide bonds. The van der Waals surface area contributed by atoms with Gasteiger partial charge in [-0.1, -0.05) is 30.3 Å². The Balaban J connectivity index is 1.91. The van der Waals surface area contributed by atoms with Gasteiger partial charge in [-0.05, 0) is 24.8 Å². The summed E-state index contributed by atoms with van der Waals surface area (Å²) in [4.78, 5) is 0. The van der Waals surface area contributed by atoms with E-state index in [1.807, 2.05) is 18.2 Å². The molecule has 1 heterocycles. The van der Waals surface area contributed by atoms with E-state index in [9.17, 15) is 13.9 Å². The first-order valence-electron chi connectivity index (χ1n) is 7.52. The molecule has 1 aliphatic heterocycles. The molecule has 0 saturated carbocycles. The lowest BCUT2D eigenvalue weighted by atomic mass is 10.2. The zero-order valence-electron chi connectivity index (χ0n) is 12.4. The Kier molecular flexibility index (Phi) is 7.18. The molecule has 0 bridgehead atoms. The quantitative estimate of drug-likeness (QED) is 0.801. The van der Waals surface area contributed by atoms with Crippen molar-refractivity contribution >= 4 is 0 Å². The van der Waals surface area contributed by atoms with E-state index in [4.69, 9.17) is 14.2 Å². The summed E-state index contributed by atoms with van der Waals surface area (Å²) in [7, 11) is 0. The van der Waals surface area contributed by atoms with Crippen molar-refractivity contribution in [2.75, 3.05) is 13.2 Å². The average molecular weight is 316 g/mol. The van der Waals surface area contributed by atoms with Gasteiger partial charge in [0.2, 0.25) is 0 Å². The fraction of sp³-hybridized carbons (Fsp3) is 0.625. The van der Waals surface area contributed by atoms with E-state index in [-0.39, 0.29) is 6.61 Å². The van der Waals surface area contributed by atoms with Gasteiger partial charge < -0.3 is 19.3 Å². The van der Waals surface area contributed by atoms with E-state index in [1.165, 1.54) is 0 Å². The third-order valence-electron chi connectivity index (χ3n) is 3.54. The summed E-state index contributed by atoms with van der Waals surface area (Å²) in [5, 5.41) is 9.38. The molecule has 1 saturated heterocycles. The van der Waals surface area contributed by atoms with Crippen LogP contribution in [0.15, 0.2) is 30.3 Å². The molecular formula is C16H22F2O4. The summed E-state index contributed by atoms with van der Waals surface area (Å²) in [6.45, 7) is 0.0535. The van der Waals surface area contributed by atoms with Crippen molar-refractivity contribution in [2.24, 2.45) is 0 Å². The number of halogens is 2.